The predicted molar refractivity (Wildman–Crippen MR) is 104 cm³/mol. The van der Waals surface area contributed by atoms with Gasteiger partial charge in [-0.05, 0) is 38.0 Å². The monoisotopic (exact) mass is 354 g/mol. The van der Waals surface area contributed by atoms with Gasteiger partial charge in [0.15, 0.2) is 0 Å². The van der Waals surface area contributed by atoms with Crippen molar-refractivity contribution in [3.8, 4) is 0 Å². The first kappa shape index (κ1) is 17.4. The van der Waals surface area contributed by atoms with Gasteiger partial charge in [0.05, 0.1) is 15.8 Å². The van der Waals surface area contributed by atoms with Gasteiger partial charge in [0.1, 0.15) is 5.82 Å². The Morgan fingerprint density at radius 2 is 1.80 bits per heavy atom. The van der Waals surface area contributed by atoms with Gasteiger partial charge in [0, 0.05) is 19.5 Å². The molecule has 6 nitrogen and oxygen atoms in total. The second-order valence-electron chi connectivity index (χ2n) is 6.25. The molecule has 1 aromatic carbocycles. The van der Waals surface area contributed by atoms with Crippen LogP contribution in [0.5, 0.6) is 0 Å². The van der Waals surface area contributed by atoms with E-state index >= 15 is 0 Å². The molecule has 1 unspecified atom stereocenters. The lowest BCUT2D eigenvalue weighted by Crippen LogP contribution is -2.16. The third kappa shape index (κ3) is 3.66. The minimum atomic E-state index is 0.0115. The Hall–Kier alpha value is -2.41. The van der Waals surface area contributed by atoms with E-state index in [2.05, 4.69) is 60.0 Å². The summed E-state index contributed by atoms with van der Waals surface area (Å²) in [7, 11) is 3.76. The van der Waals surface area contributed by atoms with Crippen molar-refractivity contribution >= 4 is 34.6 Å². The molecular weight excluding hydrogens is 332 g/mol. The molecule has 0 aliphatic carbocycles. The highest BCUT2D eigenvalue weighted by Gasteiger charge is 2.16. The summed E-state index contributed by atoms with van der Waals surface area (Å²) in [6.45, 7) is 6.25. The molecule has 0 amide bonds. The number of thioether (sulfide) groups is 1. The first-order chi connectivity index (χ1) is 11.8. The lowest BCUT2D eigenvalue weighted by Gasteiger charge is -2.15. The average molecular weight is 354 g/mol. The maximum absolute atomic E-state index is 5.83. The summed E-state index contributed by atoms with van der Waals surface area (Å²) in [6, 6.07) is 8.37. The van der Waals surface area contributed by atoms with E-state index in [0.29, 0.717) is 11.8 Å². The molecule has 0 aliphatic heterocycles. The minimum absolute atomic E-state index is 0.0115. The number of aryl methyl sites for hydroxylation is 2. The summed E-state index contributed by atoms with van der Waals surface area (Å²) < 4.78 is 0. The van der Waals surface area contributed by atoms with Crippen LogP contribution in [-0.2, 0) is 0 Å². The van der Waals surface area contributed by atoms with E-state index in [0.717, 1.165) is 10.5 Å². The van der Waals surface area contributed by atoms with Crippen LogP contribution in [0.3, 0.4) is 0 Å². The SMILES string of the molecule is Cc1cc(SC(C)c2nc(N)nc(N(C)C)n2)nc2c(C)cccc12. The molecule has 3 aromatic rings. The molecule has 0 saturated heterocycles. The Morgan fingerprint density at radius 3 is 2.52 bits per heavy atom. The Labute approximate surface area is 151 Å². The molecule has 1 atom stereocenters. The topological polar surface area (TPSA) is 80.8 Å². The van der Waals surface area contributed by atoms with Crippen molar-refractivity contribution in [2.75, 3.05) is 24.7 Å². The van der Waals surface area contributed by atoms with E-state index in [1.54, 1.807) is 11.8 Å². The van der Waals surface area contributed by atoms with Crippen molar-refractivity contribution in [2.24, 2.45) is 0 Å². The van der Waals surface area contributed by atoms with Crippen LogP contribution < -0.4 is 10.6 Å². The lowest BCUT2D eigenvalue weighted by molar-refractivity contribution is 0.863. The molecule has 2 N–H and O–H groups in total. The fourth-order valence-corrected chi connectivity index (χ4v) is 3.57. The van der Waals surface area contributed by atoms with Crippen LogP contribution in [0.2, 0.25) is 0 Å². The third-order valence-electron chi connectivity index (χ3n) is 3.94. The van der Waals surface area contributed by atoms with Crippen molar-refractivity contribution in [1.82, 2.24) is 19.9 Å². The maximum atomic E-state index is 5.83. The number of pyridine rings is 1. The van der Waals surface area contributed by atoms with E-state index in [1.165, 1.54) is 16.5 Å². The normalized spacial score (nSPS) is 12.4. The fraction of sp³-hybridized carbons (Fsp3) is 0.333. The molecule has 0 spiro atoms. The number of aromatic nitrogens is 4. The number of nitrogens with zero attached hydrogens (tertiary/aromatic N) is 5. The van der Waals surface area contributed by atoms with Gasteiger partial charge >= 0.3 is 0 Å². The van der Waals surface area contributed by atoms with E-state index < -0.39 is 0 Å². The smallest absolute Gasteiger partial charge is 0.229 e. The minimum Gasteiger partial charge on any atom is -0.368 e. The van der Waals surface area contributed by atoms with E-state index in [-0.39, 0.29) is 11.2 Å². The molecule has 0 fully saturated rings. The van der Waals surface area contributed by atoms with Crippen molar-refractivity contribution in [2.45, 2.75) is 31.0 Å². The van der Waals surface area contributed by atoms with Crippen LogP contribution in [0.25, 0.3) is 10.9 Å². The Bertz CT molecular complexity index is 925. The average Bonchev–Trinajstić information content (AvgIpc) is 2.55. The summed E-state index contributed by atoms with van der Waals surface area (Å²) in [5.41, 5.74) is 9.27. The van der Waals surface area contributed by atoms with Gasteiger partial charge in [-0.1, -0.05) is 30.0 Å². The zero-order chi connectivity index (χ0) is 18.1. The zero-order valence-corrected chi connectivity index (χ0v) is 15.9. The van der Waals surface area contributed by atoms with Crippen LogP contribution in [0.15, 0.2) is 29.3 Å². The molecule has 25 heavy (non-hydrogen) atoms. The van der Waals surface area contributed by atoms with Crippen LogP contribution >= 0.6 is 11.8 Å². The molecule has 0 aliphatic rings. The highest BCUT2D eigenvalue weighted by molar-refractivity contribution is 7.99. The van der Waals surface area contributed by atoms with Gasteiger partial charge in [-0.2, -0.15) is 15.0 Å². The largest absolute Gasteiger partial charge is 0.368 e. The zero-order valence-electron chi connectivity index (χ0n) is 15.1. The van der Waals surface area contributed by atoms with Gasteiger partial charge in [0.25, 0.3) is 0 Å². The van der Waals surface area contributed by atoms with Crippen LogP contribution in [0.4, 0.5) is 11.9 Å². The van der Waals surface area contributed by atoms with Gasteiger partial charge in [0.2, 0.25) is 11.9 Å². The Morgan fingerprint density at radius 1 is 1.04 bits per heavy atom. The van der Waals surface area contributed by atoms with Gasteiger partial charge < -0.3 is 10.6 Å². The van der Waals surface area contributed by atoms with Crippen molar-refractivity contribution < 1.29 is 0 Å². The number of nitrogen functional groups attached to an aromatic ring is 1. The van der Waals surface area contributed by atoms with Gasteiger partial charge in [-0.25, -0.2) is 4.98 Å². The number of rotatable bonds is 4. The van der Waals surface area contributed by atoms with Crippen molar-refractivity contribution in [3.63, 3.8) is 0 Å². The van der Waals surface area contributed by atoms with E-state index in [9.17, 15) is 0 Å². The molecule has 2 heterocycles. The molecule has 130 valence electrons. The summed E-state index contributed by atoms with van der Waals surface area (Å²) in [6.07, 6.45) is 0. The second kappa shape index (κ2) is 6.84. The van der Waals surface area contributed by atoms with Crippen molar-refractivity contribution in [3.05, 3.63) is 41.2 Å². The van der Waals surface area contributed by atoms with Crippen LogP contribution in [-0.4, -0.2) is 34.0 Å². The highest BCUT2D eigenvalue weighted by atomic mass is 32.2. The Balaban J connectivity index is 1.95. The first-order valence-corrected chi connectivity index (χ1v) is 8.95. The molecule has 0 saturated carbocycles. The third-order valence-corrected chi connectivity index (χ3v) is 4.96. The molecule has 0 bridgehead atoms. The number of hydrogen-bond donors (Lipinski definition) is 1. The van der Waals surface area contributed by atoms with Crippen molar-refractivity contribution in [1.29, 1.82) is 0 Å². The maximum Gasteiger partial charge on any atom is 0.229 e. The summed E-state index contributed by atoms with van der Waals surface area (Å²) in [5, 5.41) is 2.16. The van der Waals surface area contributed by atoms with Crippen LogP contribution in [0, 0.1) is 13.8 Å². The number of fused-ring (bicyclic) bond motifs is 1. The first-order valence-electron chi connectivity index (χ1n) is 8.07. The molecule has 3 rings (SSSR count). The summed E-state index contributed by atoms with van der Waals surface area (Å²) >= 11 is 1.63. The molecule has 2 aromatic heterocycles. The lowest BCUT2D eigenvalue weighted by atomic mass is 10.1. The number of para-hydroxylation sites is 1. The fourth-order valence-electron chi connectivity index (χ4n) is 2.60. The number of nitrogens with two attached hydrogens (primary N) is 1. The quantitative estimate of drug-likeness (QED) is 0.718. The van der Waals surface area contributed by atoms with Crippen LogP contribution in [0.1, 0.15) is 29.1 Å². The Kier molecular flexibility index (Phi) is 4.76. The molecule has 0 radical (unpaired) electrons. The summed E-state index contributed by atoms with van der Waals surface area (Å²) in [4.78, 5) is 19.6. The van der Waals surface area contributed by atoms with Gasteiger partial charge in [-0.3, -0.25) is 0 Å². The molecule has 7 heteroatoms. The molecular formula is C18H22N6S. The van der Waals surface area contributed by atoms with Gasteiger partial charge in [-0.15, -0.1) is 0 Å². The number of benzene rings is 1. The highest BCUT2D eigenvalue weighted by Crippen LogP contribution is 2.34. The van der Waals surface area contributed by atoms with E-state index in [1.807, 2.05) is 19.0 Å². The predicted octanol–water partition coefficient (Wildman–Crippen LogP) is 3.54. The second-order valence-corrected chi connectivity index (χ2v) is 7.62. The summed E-state index contributed by atoms with van der Waals surface area (Å²) in [5.74, 6) is 1.46. The standard InChI is InChI=1S/C18H22N6S/c1-10-7-6-8-13-11(2)9-14(20-15(10)13)25-12(3)16-21-17(19)23-18(22-16)24(4)5/h6-9,12H,1-5H3,(H2,19,21,22,23). The number of anilines is 2. The number of hydrogen-bond acceptors (Lipinski definition) is 7. The van der Waals surface area contributed by atoms with E-state index in [4.69, 9.17) is 10.7 Å².